The third kappa shape index (κ3) is 8.42. The Morgan fingerprint density at radius 3 is 2.53 bits per heavy atom. The van der Waals surface area contributed by atoms with E-state index in [1.54, 1.807) is 6.92 Å². The van der Waals surface area contributed by atoms with Gasteiger partial charge in [0.15, 0.2) is 5.78 Å². The van der Waals surface area contributed by atoms with Gasteiger partial charge < -0.3 is 19.7 Å². The van der Waals surface area contributed by atoms with E-state index >= 15 is 0 Å². The molecule has 13 nitrogen and oxygen atoms in total. The Bertz CT molecular complexity index is 2510. The summed E-state index contributed by atoms with van der Waals surface area (Å²) in [5.74, 6) is -4.32. The number of rotatable bonds is 8. The number of sulfonamides is 1. The molecule has 318 valence electrons. The largest absolute Gasteiger partial charge is 0.573 e. The third-order valence-electron chi connectivity index (χ3n) is 12.0. The van der Waals surface area contributed by atoms with Gasteiger partial charge in [-0.3, -0.25) is 23.9 Å². The van der Waals surface area contributed by atoms with Crippen LogP contribution in [-0.2, 0) is 24.4 Å². The summed E-state index contributed by atoms with van der Waals surface area (Å²) in [6.07, 6.45) is 2.42. The maximum absolute atomic E-state index is 14.7. The molecule has 19 heteroatoms. The number of amides is 3. The summed E-state index contributed by atoms with van der Waals surface area (Å²) in [7, 11) is -4.05. The van der Waals surface area contributed by atoms with Crippen molar-refractivity contribution in [1.29, 1.82) is 0 Å². The summed E-state index contributed by atoms with van der Waals surface area (Å²) in [6.45, 7) is 1.31. The Morgan fingerprint density at radius 1 is 1.02 bits per heavy atom. The molecule has 2 aliphatic heterocycles. The summed E-state index contributed by atoms with van der Waals surface area (Å²) in [5.41, 5.74) is -1.28. The monoisotopic (exact) mass is 871 g/mol. The van der Waals surface area contributed by atoms with E-state index in [4.69, 9.17) is 4.74 Å². The number of hydrogen-bond acceptors (Lipinski definition) is 11. The SMILES string of the molecule is CC1(S(=O)(=O)NC(=O)[C@]23CC(=O)[C@@H]4C[C@@H](Oc5nc6cc(F)ccc6c6ccc(OC(F)(F)F)cc56)CN4C(=O)[C@@H](NC(=O)c4ccns4)CCCCC/C=C\[C@@H]2C3)CC1. The van der Waals surface area contributed by atoms with Crippen molar-refractivity contribution in [1.82, 2.24) is 24.3 Å². The van der Waals surface area contributed by atoms with E-state index < -0.39 is 92.1 Å². The maximum Gasteiger partial charge on any atom is 0.573 e. The second-order valence-electron chi connectivity index (χ2n) is 16.3. The lowest BCUT2D eigenvalue weighted by Gasteiger charge is -2.29. The predicted octanol–water partition coefficient (Wildman–Crippen LogP) is 6.51. The van der Waals surface area contributed by atoms with Gasteiger partial charge in [0.2, 0.25) is 27.7 Å². The number of ketones is 1. The van der Waals surface area contributed by atoms with E-state index in [1.807, 2.05) is 12.2 Å². The molecule has 2 aromatic carbocycles. The van der Waals surface area contributed by atoms with E-state index in [0.29, 0.717) is 42.9 Å². The fourth-order valence-electron chi connectivity index (χ4n) is 8.22. The zero-order valence-corrected chi connectivity index (χ0v) is 33.9. The topological polar surface area (TPSA) is 174 Å². The van der Waals surface area contributed by atoms with Crippen LogP contribution in [0.4, 0.5) is 17.6 Å². The first-order valence-corrected chi connectivity index (χ1v) is 21.9. The molecule has 4 aliphatic rings. The average molecular weight is 872 g/mol. The van der Waals surface area contributed by atoms with E-state index in [-0.39, 0.29) is 47.5 Å². The van der Waals surface area contributed by atoms with Crippen LogP contribution in [0.2, 0.25) is 0 Å². The number of alkyl halides is 3. The number of hydrogen-bond donors (Lipinski definition) is 2. The maximum atomic E-state index is 14.7. The van der Waals surface area contributed by atoms with Crippen LogP contribution < -0.4 is 19.5 Å². The molecule has 0 radical (unpaired) electrons. The van der Waals surface area contributed by atoms with Gasteiger partial charge in [0.25, 0.3) is 5.91 Å². The second-order valence-corrected chi connectivity index (χ2v) is 19.3. The molecule has 2 aromatic heterocycles. The molecule has 3 fully saturated rings. The van der Waals surface area contributed by atoms with Crippen LogP contribution in [-0.4, -0.2) is 82.0 Å². The minimum atomic E-state index is -5.02. The minimum absolute atomic E-state index is 0.0847. The van der Waals surface area contributed by atoms with Crippen molar-refractivity contribution >= 4 is 66.7 Å². The number of pyridine rings is 1. The fraction of sp³-hybridized carbons (Fsp3) is 0.463. The van der Waals surface area contributed by atoms with Crippen LogP contribution in [0.25, 0.3) is 21.7 Å². The lowest BCUT2D eigenvalue weighted by atomic mass is 9.91. The summed E-state index contributed by atoms with van der Waals surface area (Å²) in [4.78, 5) is 62.6. The molecule has 2 aliphatic carbocycles. The Hall–Kier alpha value is -5.17. The number of carbonyl (C=O) groups excluding carboxylic acids is 4. The van der Waals surface area contributed by atoms with Crippen molar-refractivity contribution in [3.05, 3.63) is 71.5 Å². The number of aromatic nitrogens is 2. The number of nitrogens with zero attached hydrogens (tertiary/aromatic N) is 3. The molecule has 0 bridgehead atoms. The number of Topliss-reactive ketones (excluding diaryl/α,β-unsaturated/α-hetero) is 1. The summed E-state index contributed by atoms with van der Waals surface area (Å²) in [6, 6.07) is 6.50. The van der Waals surface area contributed by atoms with E-state index in [9.17, 15) is 45.2 Å². The molecule has 3 amide bonds. The van der Waals surface area contributed by atoms with Gasteiger partial charge in [0.1, 0.15) is 28.6 Å². The number of nitrogens with one attached hydrogen (secondary N) is 2. The smallest absolute Gasteiger partial charge is 0.472 e. The predicted molar refractivity (Wildman–Crippen MR) is 211 cm³/mol. The molecule has 4 aromatic rings. The lowest BCUT2D eigenvalue weighted by molar-refractivity contribution is -0.274. The molecule has 8 rings (SSSR count). The Labute approximate surface area is 346 Å². The van der Waals surface area contributed by atoms with Crippen molar-refractivity contribution in [2.45, 2.75) is 100 Å². The standard InChI is InChI=1S/C41H41F4N5O8S2/c1-39(14-15-39)60(55,56)49-38(54)40-20-23(40)7-5-3-2-4-6-8-30(47-35(52)34-13-16-46-59-34)37(53)50-22-26(19-32(50)33(51)21-40)57-36-29-18-25(58-41(43,44)45)10-12-27(29)28-11-9-24(42)17-31(28)48-36/h5,7,9-13,16-18,23,26,30,32H,2-4,6,8,14-15,19-22H2,1H3,(H,47,52)(H,49,54)/b7-5-/t23-,26-,30+,32+,40-/m1/s1. The lowest BCUT2D eigenvalue weighted by Crippen LogP contribution is -2.52. The minimum Gasteiger partial charge on any atom is -0.472 e. The Balaban J connectivity index is 1.15. The van der Waals surface area contributed by atoms with Gasteiger partial charge in [-0.2, -0.15) is 0 Å². The first kappa shape index (κ1) is 41.6. The van der Waals surface area contributed by atoms with Gasteiger partial charge >= 0.3 is 6.36 Å². The molecule has 2 N–H and O–H groups in total. The zero-order valence-electron chi connectivity index (χ0n) is 32.3. The Morgan fingerprint density at radius 2 is 1.80 bits per heavy atom. The van der Waals surface area contributed by atoms with Crippen LogP contribution >= 0.6 is 11.5 Å². The first-order chi connectivity index (χ1) is 28.4. The van der Waals surface area contributed by atoms with Crippen molar-refractivity contribution in [3.8, 4) is 11.6 Å². The molecule has 1 saturated heterocycles. The number of benzene rings is 2. The fourth-order valence-corrected chi connectivity index (χ4v) is 10.1. The molecule has 4 heterocycles. The third-order valence-corrected chi connectivity index (χ3v) is 14.9. The molecule has 0 unspecified atom stereocenters. The van der Waals surface area contributed by atoms with Gasteiger partial charge in [-0.05, 0) is 105 Å². The highest BCUT2D eigenvalue weighted by Gasteiger charge is 2.62. The second kappa shape index (κ2) is 15.7. The van der Waals surface area contributed by atoms with E-state index in [1.165, 1.54) is 35.4 Å². The molecular formula is C41H41F4N5O8S2. The molecule has 2 saturated carbocycles. The number of ether oxygens (including phenoxy) is 2. The summed E-state index contributed by atoms with van der Waals surface area (Å²) >= 11 is 0.944. The van der Waals surface area contributed by atoms with Gasteiger partial charge in [-0.25, -0.2) is 22.2 Å². The van der Waals surface area contributed by atoms with Gasteiger partial charge in [0, 0.05) is 35.9 Å². The highest BCUT2D eigenvalue weighted by Crippen LogP contribution is 2.57. The number of allylic oxidation sites excluding steroid dienone is 2. The van der Waals surface area contributed by atoms with Crippen LogP contribution in [0, 0.1) is 17.2 Å². The molecule has 60 heavy (non-hydrogen) atoms. The average Bonchev–Trinajstić information content (AvgIpc) is 3.93. The van der Waals surface area contributed by atoms with Crippen molar-refractivity contribution in [2.24, 2.45) is 11.3 Å². The van der Waals surface area contributed by atoms with Crippen molar-refractivity contribution in [3.63, 3.8) is 0 Å². The van der Waals surface area contributed by atoms with Crippen LogP contribution in [0.3, 0.4) is 0 Å². The van der Waals surface area contributed by atoms with Crippen molar-refractivity contribution in [2.75, 3.05) is 6.54 Å². The normalized spacial score (nSPS) is 26.3. The van der Waals surface area contributed by atoms with Gasteiger partial charge in [-0.15, -0.1) is 13.2 Å². The van der Waals surface area contributed by atoms with E-state index in [2.05, 4.69) is 24.1 Å². The quantitative estimate of drug-likeness (QED) is 0.113. The number of carbonyl (C=O) groups is 4. The highest BCUT2D eigenvalue weighted by molar-refractivity contribution is 7.91. The number of halogens is 4. The van der Waals surface area contributed by atoms with Crippen LogP contribution in [0.1, 0.15) is 80.8 Å². The zero-order chi connectivity index (χ0) is 42.6. The molecule has 0 spiro atoms. The van der Waals surface area contributed by atoms with Crippen LogP contribution in [0.5, 0.6) is 11.6 Å². The first-order valence-electron chi connectivity index (χ1n) is 19.7. The van der Waals surface area contributed by atoms with Gasteiger partial charge in [0.05, 0.1) is 28.3 Å². The molecular weight excluding hydrogens is 831 g/mol. The van der Waals surface area contributed by atoms with Crippen LogP contribution in [0.15, 0.2) is 60.8 Å². The summed E-state index contributed by atoms with van der Waals surface area (Å²) in [5, 5.41) is 3.67. The molecule has 5 atom stereocenters. The van der Waals surface area contributed by atoms with Gasteiger partial charge in [-0.1, -0.05) is 25.0 Å². The Kier molecular flexibility index (Phi) is 10.9. The summed E-state index contributed by atoms with van der Waals surface area (Å²) < 4.78 is 96.5. The number of fused-ring (bicyclic) bond motifs is 5. The van der Waals surface area contributed by atoms with E-state index in [0.717, 1.165) is 36.2 Å². The highest BCUT2D eigenvalue weighted by atomic mass is 32.2. The van der Waals surface area contributed by atoms with Crippen molar-refractivity contribution < 1.29 is 54.6 Å².